The molecule has 3 fully saturated rings. The molecule has 0 radical (unpaired) electrons. The van der Waals surface area contributed by atoms with Gasteiger partial charge in [0.15, 0.2) is 0 Å². The van der Waals surface area contributed by atoms with Crippen LogP contribution in [0.2, 0.25) is 0 Å². The number of hydrogen-bond acceptors (Lipinski definition) is 4. The molecule has 0 aromatic rings. The minimum Gasteiger partial charge on any atom is -0.374 e. The van der Waals surface area contributed by atoms with Crippen molar-refractivity contribution in [2.75, 3.05) is 39.3 Å². The summed E-state index contributed by atoms with van der Waals surface area (Å²) in [7, 11) is 0. The molecule has 116 valence electrons. The van der Waals surface area contributed by atoms with Crippen molar-refractivity contribution < 1.29 is 4.74 Å². The van der Waals surface area contributed by atoms with Crippen molar-refractivity contribution in [2.24, 2.45) is 5.92 Å². The van der Waals surface area contributed by atoms with Gasteiger partial charge in [-0.15, -0.1) is 0 Å². The van der Waals surface area contributed by atoms with Crippen LogP contribution < -0.4 is 5.32 Å². The lowest BCUT2D eigenvalue weighted by Gasteiger charge is -2.44. The number of piperazine rings is 1. The van der Waals surface area contributed by atoms with E-state index in [1.54, 1.807) is 0 Å². The Labute approximate surface area is 123 Å². The molecule has 0 amide bonds. The molecule has 3 aliphatic heterocycles. The van der Waals surface area contributed by atoms with E-state index >= 15 is 0 Å². The first-order chi connectivity index (χ1) is 9.63. The number of nitrogens with one attached hydrogen (secondary N) is 1. The van der Waals surface area contributed by atoms with Gasteiger partial charge in [0.2, 0.25) is 0 Å². The zero-order chi connectivity index (χ0) is 14.1. The molecule has 4 atom stereocenters. The van der Waals surface area contributed by atoms with Crippen molar-refractivity contribution in [1.29, 1.82) is 0 Å². The van der Waals surface area contributed by atoms with Crippen molar-refractivity contribution in [2.45, 2.75) is 57.8 Å². The highest BCUT2D eigenvalue weighted by molar-refractivity contribution is 4.91. The van der Waals surface area contributed by atoms with E-state index in [0.29, 0.717) is 30.1 Å². The molecule has 4 unspecified atom stereocenters. The van der Waals surface area contributed by atoms with Gasteiger partial charge in [-0.3, -0.25) is 9.80 Å². The second-order valence-corrected chi connectivity index (χ2v) is 7.32. The van der Waals surface area contributed by atoms with Gasteiger partial charge in [-0.25, -0.2) is 0 Å². The van der Waals surface area contributed by atoms with Crippen molar-refractivity contribution in [3.8, 4) is 0 Å². The molecule has 0 aliphatic carbocycles. The SMILES string of the molecule is CC1CN(CC2CN3CCCC3CO2)C(C(C)C)CN1. The Morgan fingerprint density at radius 2 is 2.15 bits per heavy atom. The van der Waals surface area contributed by atoms with Crippen LogP contribution in [0, 0.1) is 5.92 Å². The largest absolute Gasteiger partial charge is 0.374 e. The number of morpholine rings is 1. The minimum absolute atomic E-state index is 0.413. The maximum atomic E-state index is 6.15. The number of nitrogens with zero attached hydrogens (tertiary/aromatic N) is 2. The highest BCUT2D eigenvalue weighted by Crippen LogP contribution is 2.24. The van der Waals surface area contributed by atoms with Crippen molar-refractivity contribution >= 4 is 0 Å². The van der Waals surface area contributed by atoms with Crippen molar-refractivity contribution in [3.63, 3.8) is 0 Å². The number of ether oxygens (including phenoxy) is 1. The van der Waals surface area contributed by atoms with Gasteiger partial charge < -0.3 is 10.1 Å². The lowest BCUT2D eigenvalue weighted by atomic mass is 9.98. The molecule has 0 aromatic carbocycles. The quantitative estimate of drug-likeness (QED) is 0.840. The zero-order valence-electron chi connectivity index (χ0n) is 13.3. The molecule has 3 saturated heterocycles. The van der Waals surface area contributed by atoms with Crippen molar-refractivity contribution in [3.05, 3.63) is 0 Å². The molecule has 4 heteroatoms. The first-order valence-electron chi connectivity index (χ1n) is 8.46. The number of fused-ring (bicyclic) bond motifs is 1. The third kappa shape index (κ3) is 3.19. The normalized spacial score (nSPS) is 40.2. The summed E-state index contributed by atoms with van der Waals surface area (Å²) in [5.74, 6) is 0.707. The average molecular weight is 281 g/mol. The van der Waals surface area contributed by atoms with Crippen LogP contribution in [0.5, 0.6) is 0 Å². The molecule has 0 saturated carbocycles. The van der Waals surface area contributed by atoms with Crippen LogP contribution in [0.1, 0.15) is 33.6 Å². The standard InChI is InChI=1S/C16H31N3O/c1-12(2)16-7-17-13(3)8-19(16)10-15-9-18-6-4-5-14(18)11-20-15/h12-17H,4-11H2,1-3H3. The van der Waals surface area contributed by atoms with Crippen LogP contribution >= 0.6 is 0 Å². The van der Waals surface area contributed by atoms with E-state index in [2.05, 4.69) is 35.9 Å². The predicted octanol–water partition coefficient (Wildman–Crippen LogP) is 1.17. The lowest BCUT2D eigenvalue weighted by Crippen LogP contribution is -2.60. The second-order valence-electron chi connectivity index (χ2n) is 7.32. The smallest absolute Gasteiger partial charge is 0.0829 e. The van der Waals surface area contributed by atoms with E-state index in [9.17, 15) is 0 Å². The fourth-order valence-corrected chi connectivity index (χ4v) is 4.13. The average Bonchev–Trinajstić information content (AvgIpc) is 2.85. The first kappa shape index (κ1) is 14.8. The molecule has 3 rings (SSSR count). The van der Waals surface area contributed by atoms with E-state index in [1.807, 2.05) is 0 Å². The number of hydrogen-bond donors (Lipinski definition) is 1. The van der Waals surface area contributed by atoms with Gasteiger partial charge in [-0.1, -0.05) is 13.8 Å². The van der Waals surface area contributed by atoms with Crippen LogP contribution in [0.15, 0.2) is 0 Å². The highest BCUT2D eigenvalue weighted by Gasteiger charge is 2.35. The Balaban J connectivity index is 1.57. The topological polar surface area (TPSA) is 27.7 Å². The Kier molecular flexibility index (Phi) is 4.65. The molecule has 0 bridgehead atoms. The Morgan fingerprint density at radius 3 is 2.95 bits per heavy atom. The summed E-state index contributed by atoms with van der Waals surface area (Å²) < 4.78 is 6.15. The fourth-order valence-electron chi connectivity index (χ4n) is 4.13. The summed E-state index contributed by atoms with van der Waals surface area (Å²) in [6.07, 6.45) is 3.11. The molecular formula is C16H31N3O. The van der Waals surface area contributed by atoms with Gasteiger partial charge in [0.1, 0.15) is 0 Å². The summed E-state index contributed by atoms with van der Waals surface area (Å²) >= 11 is 0. The summed E-state index contributed by atoms with van der Waals surface area (Å²) in [6, 6.07) is 1.98. The molecule has 3 aliphatic rings. The maximum Gasteiger partial charge on any atom is 0.0829 e. The lowest BCUT2D eigenvalue weighted by molar-refractivity contribution is -0.0714. The predicted molar refractivity (Wildman–Crippen MR) is 82.0 cm³/mol. The van der Waals surface area contributed by atoms with E-state index in [0.717, 1.165) is 32.8 Å². The maximum absolute atomic E-state index is 6.15. The summed E-state index contributed by atoms with van der Waals surface area (Å²) in [4.78, 5) is 5.33. The van der Waals surface area contributed by atoms with Crippen LogP contribution in [-0.2, 0) is 4.74 Å². The summed E-state index contributed by atoms with van der Waals surface area (Å²) in [5, 5.41) is 3.62. The van der Waals surface area contributed by atoms with E-state index < -0.39 is 0 Å². The van der Waals surface area contributed by atoms with E-state index in [4.69, 9.17) is 4.74 Å². The molecule has 0 aromatic heterocycles. The second kappa shape index (κ2) is 6.30. The monoisotopic (exact) mass is 281 g/mol. The van der Waals surface area contributed by atoms with Crippen LogP contribution in [0.25, 0.3) is 0 Å². The van der Waals surface area contributed by atoms with Gasteiger partial charge in [0, 0.05) is 44.3 Å². The molecular weight excluding hydrogens is 250 g/mol. The minimum atomic E-state index is 0.413. The first-order valence-corrected chi connectivity index (χ1v) is 8.46. The zero-order valence-corrected chi connectivity index (χ0v) is 13.3. The van der Waals surface area contributed by atoms with E-state index in [1.165, 1.54) is 19.4 Å². The fraction of sp³-hybridized carbons (Fsp3) is 1.00. The van der Waals surface area contributed by atoms with Crippen LogP contribution in [0.3, 0.4) is 0 Å². The summed E-state index contributed by atoms with van der Waals surface area (Å²) in [6.45, 7) is 13.8. The van der Waals surface area contributed by atoms with Gasteiger partial charge in [-0.2, -0.15) is 0 Å². The van der Waals surface area contributed by atoms with Crippen molar-refractivity contribution in [1.82, 2.24) is 15.1 Å². The Morgan fingerprint density at radius 1 is 1.30 bits per heavy atom. The molecule has 0 spiro atoms. The molecule has 3 heterocycles. The molecule has 4 nitrogen and oxygen atoms in total. The Hall–Kier alpha value is -0.160. The summed E-state index contributed by atoms with van der Waals surface area (Å²) in [5.41, 5.74) is 0. The van der Waals surface area contributed by atoms with Crippen LogP contribution in [0.4, 0.5) is 0 Å². The third-order valence-electron chi connectivity index (χ3n) is 5.32. The highest BCUT2D eigenvalue weighted by atomic mass is 16.5. The molecule has 20 heavy (non-hydrogen) atoms. The van der Waals surface area contributed by atoms with Gasteiger partial charge >= 0.3 is 0 Å². The van der Waals surface area contributed by atoms with E-state index in [-0.39, 0.29) is 0 Å². The number of rotatable bonds is 3. The van der Waals surface area contributed by atoms with Crippen LogP contribution in [-0.4, -0.2) is 73.4 Å². The van der Waals surface area contributed by atoms with Gasteiger partial charge in [0.25, 0.3) is 0 Å². The van der Waals surface area contributed by atoms with Gasteiger partial charge in [0.05, 0.1) is 12.7 Å². The third-order valence-corrected chi connectivity index (χ3v) is 5.32. The molecule has 1 N–H and O–H groups in total. The Bertz CT molecular complexity index is 323. The van der Waals surface area contributed by atoms with Gasteiger partial charge in [-0.05, 0) is 32.2 Å².